The lowest BCUT2D eigenvalue weighted by molar-refractivity contribution is 0.705. The molecule has 8 heteroatoms. The summed E-state index contributed by atoms with van der Waals surface area (Å²) in [6, 6.07) is 9.58. The van der Waals surface area contributed by atoms with Crippen LogP contribution < -0.4 is 16.7 Å². The van der Waals surface area contributed by atoms with Crippen LogP contribution in [0.3, 0.4) is 0 Å². The average Bonchev–Trinajstić information content (AvgIpc) is 2.89. The summed E-state index contributed by atoms with van der Waals surface area (Å²) in [5, 5.41) is 4.12. The van der Waals surface area contributed by atoms with Gasteiger partial charge in [-0.15, -0.1) is 0 Å². The van der Waals surface area contributed by atoms with Crippen LogP contribution in [0.5, 0.6) is 0 Å². The van der Waals surface area contributed by atoms with Crippen molar-refractivity contribution in [2.24, 2.45) is 26.2 Å². The highest BCUT2D eigenvalue weighted by molar-refractivity contribution is 5.80. The first kappa shape index (κ1) is 14.8. The number of hydrazone groups is 1. The first-order chi connectivity index (χ1) is 11.0. The number of hydrogen-bond donors (Lipinski definition) is 1. The van der Waals surface area contributed by atoms with Crippen LogP contribution in [0.4, 0.5) is 5.95 Å². The molecule has 1 N–H and O–H groups in total. The minimum atomic E-state index is -0.417. The molecule has 0 amide bonds. The number of rotatable bonds is 3. The van der Waals surface area contributed by atoms with Crippen LogP contribution in [0.2, 0.25) is 0 Å². The maximum Gasteiger partial charge on any atom is 0.332 e. The van der Waals surface area contributed by atoms with Crippen LogP contribution in [0.1, 0.15) is 5.56 Å². The normalized spacial score (nSPS) is 11.4. The van der Waals surface area contributed by atoms with Gasteiger partial charge in [-0.3, -0.25) is 13.9 Å². The Hall–Kier alpha value is -3.16. The molecule has 0 unspecified atom stereocenters. The van der Waals surface area contributed by atoms with Crippen LogP contribution in [0.15, 0.2) is 45.0 Å². The van der Waals surface area contributed by atoms with E-state index in [9.17, 15) is 9.59 Å². The fourth-order valence-electron chi connectivity index (χ4n) is 2.32. The zero-order valence-electron chi connectivity index (χ0n) is 13.0. The number of aryl methyl sites for hydroxylation is 2. The lowest BCUT2D eigenvalue weighted by Crippen LogP contribution is -2.37. The van der Waals surface area contributed by atoms with Gasteiger partial charge < -0.3 is 4.57 Å². The number of fused-ring (bicyclic) bond motifs is 1. The van der Waals surface area contributed by atoms with E-state index in [1.165, 1.54) is 11.6 Å². The van der Waals surface area contributed by atoms with E-state index in [0.717, 1.165) is 10.1 Å². The van der Waals surface area contributed by atoms with Crippen molar-refractivity contribution in [3.63, 3.8) is 0 Å². The Morgan fingerprint density at radius 1 is 1.04 bits per heavy atom. The number of hydrogen-bond acceptors (Lipinski definition) is 5. The quantitative estimate of drug-likeness (QED) is 0.561. The van der Waals surface area contributed by atoms with Gasteiger partial charge in [-0.2, -0.15) is 10.1 Å². The number of imidazole rings is 1. The molecule has 0 atom stereocenters. The van der Waals surface area contributed by atoms with Crippen molar-refractivity contribution in [3.8, 4) is 0 Å². The predicted molar refractivity (Wildman–Crippen MR) is 88.9 cm³/mol. The van der Waals surface area contributed by atoms with Crippen LogP contribution in [-0.4, -0.2) is 24.9 Å². The second-order valence-electron chi connectivity index (χ2n) is 5.15. The van der Waals surface area contributed by atoms with Gasteiger partial charge >= 0.3 is 5.69 Å². The van der Waals surface area contributed by atoms with Crippen LogP contribution in [-0.2, 0) is 21.1 Å². The van der Waals surface area contributed by atoms with Crippen molar-refractivity contribution in [2.75, 3.05) is 5.43 Å². The molecule has 0 aliphatic carbocycles. The molecule has 1 aromatic carbocycles. The van der Waals surface area contributed by atoms with Crippen molar-refractivity contribution in [3.05, 3.63) is 56.7 Å². The summed E-state index contributed by atoms with van der Waals surface area (Å²) in [5.74, 6) is 0.380. The average molecular weight is 312 g/mol. The van der Waals surface area contributed by atoms with Crippen LogP contribution in [0.25, 0.3) is 11.2 Å². The molecule has 118 valence electrons. The summed E-state index contributed by atoms with van der Waals surface area (Å²) in [6.07, 6.45) is 1.65. The maximum absolute atomic E-state index is 12.3. The van der Waals surface area contributed by atoms with Crippen LogP contribution >= 0.6 is 0 Å². The molecule has 0 fully saturated rings. The number of nitrogens with zero attached hydrogens (tertiary/aromatic N) is 5. The fraction of sp³-hybridized carbons (Fsp3) is 0.200. The lowest BCUT2D eigenvalue weighted by Gasteiger charge is -2.03. The van der Waals surface area contributed by atoms with Gasteiger partial charge in [-0.1, -0.05) is 30.3 Å². The molecule has 23 heavy (non-hydrogen) atoms. The summed E-state index contributed by atoms with van der Waals surface area (Å²) in [5.41, 5.74) is 3.58. The molecular formula is C15H16N6O2. The molecule has 3 rings (SSSR count). The van der Waals surface area contributed by atoms with Gasteiger partial charge in [0, 0.05) is 21.1 Å². The Morgan fingerprint density at radius 2 is 1.74 bits per heavy atom. The van der Waals surface area contributed by atoms with Crippen molar-refractivity contribution in [1.29, 1.82) is 0 Å². The largest absolute Gasteiger partial charge is 0.332 e. The standard InChI is InChI=1S/C15H16N6O2/c1-19-11-12(20(2)15(23)21(3)13(11)22)17-14(19)18-16-9-10-7-5-4-6-8-10/h4-9H,1-3H3,(H,17,18)/b16-9-. The molecule has 3 aromatic rings. The van der Waals surface area contributed by atoms with E-state index in [4.69, 9.17) is 0 Å². The van der Waals surface area contributed by atoms with Gasteiger partial charge in [0.2, 0.25) is 5.95 Å². The first-order valence-corrected chi connectivity index (χ1v) is 6.97. The Kier molecular flexibility index (Phi) is 3.57. The summed E-state index contributed by atoms with van der Waals surface area (Å²) < 4.78 is 3.98. The van der Waals surface area contributed by atoms with Gasteiger partial charge in [0.25, 0.3) is 5.56 Å². The topological polar surface area (TPSA) is 86.2 Å². The second-order valence-corrected chi connectivity index (χ2v) is 5.15. The van der Waals surface area contributed by atoms with E-state index in [1.54, 1.807) is 24.9 Å². The number of nitrogens with one attached hydrogen (secondary N) is 1. The highest BCUT2D eigenvalue weighted by Crippen LogP contribution is 2.12. The number of aromatic nitrogens is 4. The van der Waals surface area contributed by atoms with Gasteiger partial charge in [0.05, 0.1) is 6.21 Å². The molecular weight excluding hydrogens is 296 g/mol. The van der Waals surface area contributed by atoms with Crippen molar-refractivity contribution in [2.45, 2.75) is 0 Å². The highest BCUT2D eigenvalue weighted by Gasteiger charge is 2.16. The minimum Gasteiger partial charge on any atom is -0.306 e. The minimum absolute atomic E-state index is 0.318. The highest BCUT2D eigenvalue weighted by atomic mass is 16.2. The number of anilines is 1. The second kappa shape index (κ2) is 5.56. The van der Waals surface area contributed by atoms with E-state index >= 15 is 0 Å². The molecule has 0 spiro atoms. The summed E-state index contributed by atoms with van der Waals surface area (Å²) >= 11 is 0. The Bertz CT molecular complexity index is 1010. The van der Waals surface area contributed by atoms with E-state index in [-0.39, 0.29) is 0 Å². The van der Waals surface area contributed by atoms with Crippen LogP contribution in [0, 0.1) is 0 Å². The van der Waals surface area contributed by atoms with Gasteiger partial charge in [-0.25, -0.2) is 10.2 Å². The Labute approximate surface area is 131 Å². The van der Waals surface area contributed by atoms with Gasteiger partial charge in [0.15, 0.2) is 11.2 Å². The molecule has 2 heterocycles. The van der Waals surface area contributed by atoms with Gasteiger partial charge in [0.1, 0.15) is 0 Å². The third-order valence-electron chi connectivity index (χ3n) is 3.65. The molecule has 0 aliphatic heterocycles. The summed E-state index contributed by atoms with van der Waals surface area (Å²) in [4.78, 5) is 28.5. The van der Waals surface area contributed by atoms with Crippen molar-refractivity contribution in [1.82, 2.24) is 18.7 Å². The smallest absolute Gasteiger partial charge is 0.306 e. The predicted octanol–water partition coefficient (Wildman–Crippen LogP) is 0.417. The summed E-state index contributed by atoms with van der Waals surface area (Å²) in [7, 11) is 4.72. The first-order valence-electron chi connectivity index (χ1n) is 6.97. The molecule has 0 saturated carbocycles. The van der Waals surface area contributed by atoms with E-state index in [1.807, 2.05) is 30.3 Å². The molecule has 0 saturated heterocycles. The molecule has 0 radical (unpaired) electrons. The molecule has 2 aromatic heterocycles. The Morgan fingerprint density at radius 3 is 2.43 bits per heavy atom. The molecule has 0 aliphatic rings. The van der Waals surface area contributed by atoms with E-state index < -0.39 is 11.2 Å². The zero-order valence-corrected chi connectivity index (χ0v) is 13.0. The monoisotopic (exact) mass is 312 g/mol. The summed E-state index contributed by atoms with van der Waals surface area (Å²) in [6.45, 7) is 0. The van der Waals surface area contributed by atoms with Crippen molar-refractivity contribution < 1.29 is 0 Å². The lowest BCUT2D eigenvalue weighted by atomic mass is 10.2. The SMILES string of the molecule is Cn1c(=O)c2c(nc(N/N=C\c3ccccc3)n2C)n(C)c1=O. The van der Waals surface area contributed by atoms with E-state index in [0.29, 0.717) is 17.1 Å². The zero-order chi connectivity index (χ0) is 16.6. The maximum atomic E-state index is 12.3. The third kappa shape index (κ3) is 2.44. The van der Waals surface area contributed by atoms with Crippen molar-refractivity contribution >= 4 is 23.3 Å². The molecule has 8 nitrogen and oxygen atoms in total. The molecule has 0 bridgehead atoms. The fourth-order valence-corrected chi connectivity index (χ4v) is 2.32. The third-order valence-corrected chi connectivity index (χ3v) is 3.65. The van der Waals surface area contributed by atoms with Gasteiger partial charge in [-0.05, 0) is 5.56 Å². The Balaban J connectivity index is 2.03. The van der Waals surface area contributed by atoms with E-state index in [2.05, 4.69) is 15.5 Å². The number of benzene rings is 1.